The molecule has 0 atom stereocenters. The van der Waals surface area contributed by atoms with Crippen molar-refractivity contribution in [3.8, 4) is 16.3 Å². The number of thiazole rings is 1. The molecule has 33 heavy (non-hydrogen) atoms. The summed E-state index contributed by atoms with van der Waals surface area (Å²) >= 11 is 1.31. The van der Waals surface area contributed by atoms with E-state index in [2.05, 4.69) is 15.6 Å². The molecule has 2 N–H and O–H groups in total. The summed E-state index contributed by atoms with van der Waals surface area (Å²) in [4.78, 5) is 30.5. The molecular formula is C25H20FN3O3S. The van der Waals surface area contributed by atoms with E-state index in [0.717, 1.165) is 16.6 Å². The van der Waals surface area contributed by atoms with E-state index in [1.54, 1.807) is 25.1 Å². The number of ether oxygens (including phenoxy) is 1. The van der Waals surface area contributed by atoms with Gasteiger partial charge in [0.2, 0.25) is 0 Å². The average Bonchev–Trinajstić information content (AvgIpc) is 3.21. The van der Waals surface area contributed by atoms with Crippen molar-refractivity contribution in [1.29, 1.82) is 0 Å². The van der Waals surface area contributed by atoms with Crippen LogP contribution in [0.15, 0.2) is 72.8 Å². The van der Waals surface area contributed by atoms with Gasteiger partial charge in [-0.3, -0.25) is 9.59 Å². The van der Waals surface area contributed by atoms with Gasteiger partial charge in [0.25, 0.3) is 11.8 Å². The highest BCUT2D eigenvalue weighted by molar-refractivity contribution is 7.17. The SMILES string of the molecule is COc1ccc(NC(=O)c2sc(-c3ccccc3)nc2C)cc1NC(=O)c1cccc(F)c1. The minimum absolute atomic E-state index is 0.167. The van der Waals surface area contributed by atoms with Crippen molar-refractivity contribution in [3.05, 3.63) is 94.7 Å². The minimum atomic E-state index is -0.509. The number of carbonyl (C=O) groups excluding carboxylic acids is 2. The van der Waals surface area contributed by atoms with Gasteiger partial charge < -0.3 is 15.4 Å². The molecule has 0 saturated heterocycles. The summed E-state index contributed by atoms with van der Waals surface area (Å²) in [6, 6.07) is 19.9. The Morgan fingerprint density at radius 2 is 1.73 bits per heavy atom. The summed E-state index contributed by atoms with van der Waals surface area (Å²) in [5.41, 5.74) is 2.54. The topological polar surface area (TPSA) is 80.3 Å². The maximum absolute atomic E-state index is 13.5. The Labute approximate surface area is 194 Å². The molecule has 3 aromatic carbocycles. The average molecular weight is 462 g/mol. The quantitative estimate of drug-likeness (QED) is 0.382. The second-order valence-electron chi connectivity index (χ2n) is 7.13. The van der Waals surface area contributed by atoms with Gasteiger partial charge in [-0.2, -0.15) is 0 Å². The number of aryl methyl sites for hydroxylation is 1. The van der Waals surface area contributed by atoms with Gasteiger partial charge in [-0.25, -0.2) is 9.37 Å². The van der Waals surface area contributed by atoms with Crippen molar-refractivity contribution >= 4 is 34.5 Å². The summed E-state index contributed by atoms with van der Waals surface area (Å²) < 4.78 is 18.8. The van der Waals surface area contributed by atoms with E-state index in [1.807, 2.05) is 30.3 Å². The lowest BCUT2D eigenvalue weighted by Crippen LogP contribution is -2.14. The number of nitrogens with one attached hydrogen (secondary N) is 2. The maximum Gasteiger partial charge on any atom is 0.267 e. The monoisotopic (exact) mass is 461 g/mol. The predicted molar refractivity (Wildman–Crippen MR) is 128 cm³/mol. The van der Waals surface area contributed by atoms with Gasteiger partial charge in [-0.15, -0.1) is 11.3 Å². The molecule has 4 rings (SSSR count). The first-order chi connectivity index (χ1) is 15.9. The van der Waals surface area contributed by atoms with E-state index in [9.17, 15) is 14.0 Å². The number of carbonyl (C=O) groups is 2. The molecule has 0 aliphatic carbocycles. The van der Waals surface area contributed by atoms with Crippen molar-refractivity contribution < 1.29 is 18.7 Å². The molecule has 8 heteroatoms. The van der Waals surface area contributed by atoms with Gasteiger partial charge in [0.1, 0.15) is 21.5 Å². The number of halogens is 1. The summed E-state index contributed by atoms with van der Waals surface area (Å²) in [5.74, 6) is -0.912. The second kappa shape index (κ2) is 9.62. The molecule has 1 heterocycles. The Bertz CT molecular complexity index is 1320. The fourth-order valence-electron chi connectivity index (χ4n) is 3.21. The number of anilines is 2. The standard InChI is InChI=1S/C25H20FN3O3S/c1-15-22(33-25(27-15)16-7-4-3-5-8-16)24(31)28-19-11-12-21(32-2)20(14-19)29-23(30)17-9-6-10-18(26)13-17/h3-14H,1-2H3,(H,28,31)(H,29,30). The Balaban J connectivity index is 1.55. The summed E-state index contributed by atoms with van der Waals surface area (Å²) in [6.45, 7) is 1.79. The van der Waals surface area contributed by atoms with Crippen LogP contribution in [0.5, 0.6) is 5.75 Å². The number of methoxy groups -OCH3 is 1. The number of nitrogens with zero attached hydrogens (tertiary/aromatic N) is 1. The van der Waals surface area contributed by atoms with E-state index in [4.69, 9.17) is 4.74 Å². The molecule has 0 spiro atoms. The molecule has 0 unspecified atom stereocenters. The fourth-order valence-corrected chi connectivity index (χ4v) is 4.17. The lowest BCUT2D eigenvalue weighted by molar-refractivity contribution is 0.102. The highest BCUT2D eigenvalue weighted by Crippen LogP contribution is 2.31. The Morgan fingerprint density at radius 1 is 0.939 bits per heavy atom. The first kappa shape index (κ1) is 22.2. The molecule has 0 saturated carbocycles. The molecular weight excluding hydrogens is 441 g/mol. The van der Waals surface area contributed by atoms with Crippen LogP contribution >= 0.6 is 11.3 Å². The summed E-state index contributed by atoms with van der Waals surface area (Å²) in [5, 5.41) is 6.31. The van der Waals surface area contributed by atoms with Crippen LogP contribution < -0.4 is 15.4 Å². The molecule has 1 aromatic heterocycles. The normalized spacial score (nSPS) is 10.5. The largest absolute Gasteiger partial charge is 0.495 e. The number of aromatic nitrogens is 1. The zero-order chi connectivity index (χ0) is 23.4. The van der Waals surface area contributed by atoms with Crippen LogP contribution in [0.25, 0.3) is 10.6 Å². The van der Waals surface area contributed by atoms with Crippen LogP contribution in [0.1, 0.15) is 25.7 Å². The molecule has 0 radical (unpaired) electrons. The van der Waals surface area contributed by atoms with Gasteiger partial charge >= 0.3 is 0 Å². The summed E-state index contributed by atoms with van der Waals surface area (Å²) in [6.07, 6.45) is 0. The third kappa shape index (κ3) is 5.07. The fraction of sp³-hybridized carbons (Fsp3) is 0.0800. The highest BCUT2D eigenvalue weighted by atomic mass is 32.1. The lowest BCUT2D eigenvalue weighted by Gasteiger charge is -2.13. The van der Waals surface area contributed by atoms with Gasteiger partial charge in [0.05, 0.1) is 18.5 Å². The molecule has 2 amide bonds. The number of hydrogen-bond donors (Lipinski definition) is 2. The Morgan fingerprint density at radius 3 is 2.45 bits per heavy atom. The first-order valence-corrected chi connectivity index (χ1v) is 10.9. The number of rotatable bonds is 6. The van der Waals surface area contributed by atoms with Crippen molar-refractivity contribution in [2.24, 2.45) is 0 Å². The predicted octanol–water partition coefficient (Wildman–Crippen LogP) is 5.77. The smallest absolute Gasteiger partial charge is 0.267 e. The second-order valence-corrected chi connectivity index (χ2v) is 8.13. The minimum Gasteiger partial charge on any atom is -0.495 e. The van der Waals surface area contributed by atoms with Crippen molar-refractivity contribution in [3.63, 3.8) is 0 Å². The number of hydrogen-bond acceptors (Lipinski definition) is 5. The van der Waals surface area contributed by atoms with Crippen LogP contribution in [0.3, 0.4) is 0 Å². The molecule has 166 valence electrons. The molecule has 6 nitrogen and oxygen atoms in total. The van der Waals surface area contributed by atoms with Crippen LogP contribution in [-0.2, 0) is 0 Å². The molecule has 0 aliphatic rings. The van der Waals surface area contributed by atoms with E-state index in [1.165, 1.54) is 36.6 Å². The third-order valence-electron chi connectivity index (χ3n) is 4.82. The zero-order valence-electron chi connectivity index (χ0n) is 17.9. The molecule has 0 fully saturated rings. The number of amides is 2. The Hall–Kier alpha value is -4.04. The van der Waals surface area contributed by atoms with Crippen LogP contribution in [0, 0.1) is 12.7 Å². The van der Waals surface area contributed by atoms with Gasteiger partial charge in [0, 0.05) is 16.8 Å². The van der Waals surface area contributed by atoms with Crippen LogP contribution in [0.4, 0.5) is 15.8 Å². The first-order valence-electron chi connectivity index (χ1n) is 10.0. The molecule has 0 aliphatic heterocycles. The van der Waals surface area contributed by atoms with Gasteiger partial charge in [-0.1, -0.05) is 36.4 Å². The molecule has 0 bridgehead atoms. The van der Waals surface area contributed by atoms with Crippen molar-refractivity contribution in [1.82, 2.24) is 4.98 Å². The van der Waals surface area contributed by atoms with E-state index >= 15 is 0 Å². The Kier molecular flexibility index (Phi) is 6.46. The van der Waals surface area contributed by atoms with Gasteiger partial charge in [0.15, 0.2) is 0 Å². The van der Waals surface area contributed by atoms with E-state index in [0.29, 0.717) is 27.7 Å². The zero-order valence-corrected chi connectivity index (χ0v) is 18.7. The van der Waals surface area contributed by atoms with Crippen LogP contribution in [-0.4, -0.2) is 23.9 Å². The van der Waals surface area contributed by atoms with E-state index < -0.39 is 11.7 Å². The number of benzene rings is 3. The summed E-state index contributed by atoms with van der Waals surface area (Å²) in [7, 11) is 1.47. The van der Waals surface area contributed by atoms with Crippen molar-refractivity contribution in [2.75, 3.05) is 17.7 Å². The van der Waals surface area contributed by atoms with E-state index in [-0.39, 0.29) is 11.5 Å². The third-order valence-corrected chi connectivity index (χ3v) is 6.02. The molecule has 4 aromatic rings. The lowest BCUT2D eigenvalue weighted by atomic mass is 10.2. The van der Waals surface area contributed by atoms with Crippen LogP contribution in [0.2, 0.25) is 0 Å². The van der Waals surface area contributed by atoms with Crippen molar-refractivity contribution in [2.45, 2.75) is 6.92 Å². The highest BCUT2D eigenvalue weighted by Gasteiger charge is 2.18. The maximum atomic E-state index is 13.5. The van der Waals surface area contributed by atoms with Gasteiger partial charge in [-0.05, 0) is 43.3 Å².